The Morgan fingerprint density at radius 1 is 1.43 bits per heavy atom. The van der Waals surface area contributed by atoms with E-state index in [4.69, 9.17) is 5.73 Å². The van der Waals surface area contributed by atoms with Gasteiger partial charge in [-0.2, -0.15) is 0 Å². The summed E-state index contributed by atoms with van der Waals surface area (Å²) in [5.74, 6) is -0.113. The summed E-state index contributed by atoms with van der Waals surface area (Å²) in [5.41, 5.74) is 8.04. The Kier molecular flexibility index (Phi) is 3.42. The molecular weight excluding hydrogens is 176 g/mol. The summed E-state index contributed by atoms with van der Waals surface area (Å²) in [5, 5.41) is 2.63. The first-order valence-corrected chi connectivity index (χ1v) is 4.39. The molecule has 0 aliphatic rings. The van der Waals surface area contributed by atoms with Crippen molar-refractivity contribution in [3.8, 4) is 0 Å². The van der Waals surface area contributed by atoms with Crippen molar-refractivity contribution in [3.05, 3.63) is 42.0 Å². The fourth-order valence-electron chi connectivity index (χ4n) is 1.13. The van der Waals surface area contributed by atoms with Crippen molar-refractivity contribution in [2.75, 3.05) is 0 Å². The van der Waals surface area contributed by atoms with Crippen molar-refractivity contribution in [3.63, 3.8) is 0 Å². The van der Waals surface area contributed by atoms with Crippen LogP contribution < -0.4 is 11.1 Å². The number of carbonyl (C=O) groups is 1. The number of amides is 1. The molecule has 0 radical (unpaired) electrons. The van der Waals surface area contributed by atoms with E-state index in [-0.39, 0.29) is 5.91 Å². The van der Waals surface area contributed by atoms with E-state index in [1.54, 1.807) is 0 Å². The van der Waals surface area contributed by atoms with Crippen LogP contribution in [-0.4, -0.2) is 5.91 Å². The van der Waals surface area contributed by atoms with Gasteiger partial charge < -0.3 is 11.1 Å². The van der Waals surface area contributed by atoms with Crippen LogP contribution in [-0.2, 0) is 11.3 Å². The van der Waals surface area contributed by atoms with Gasteiger partial charge >= 0.3 is 0 Å². The monoisotopic (exact) mass is 190 g/mol. The topological polar surface area (TPSA) is 55.1 Å². The van der Waals surface area contributed by atoms with Gasteiger partial charge in [0, 0.05) is 19.2 Å². The number of nitrogens with two attached hydrogens (primary N) is 1. The molecule has 0 atom stereocenters. The van der Waals surface area contributed by atoms with Crippen molar-refractivity contribution >= 4 is 11.6 Å². The number of nitrogens with one attached hydrogen (secondary N) is 1. The smallest absolute Gasteiger partial charge is 0.221 e. The van der Waals surface area contributed by atoms with Crippen LogP contribution >= 0.6 is 0 Å². The highest BCUT2D eigenvalue weighted by Crippen LogP contribution is 2.10. The number of rotatable bonds is 3. The Morgan fingerprint density at radius 2 is 2.00 bits per heavy atom. The first-order chi connectivity index (χ1) is 6.63. The van der Waals surface area contributed by atoms with Gasteiger partial charge in [0.2, 0.25) is 5.91 Å². The molecule has 14 heavy (non-hydrogen) atoms. The maximum atomic E-state index is 10.8. The van der Waals surface area contributed by atoms with Gasteiger partial charge in [-0.3, -0.25) is 4.79 Å². The van der Waals surface area contributed by atoms with Gasteiger partial charge in [0.25, 0.3) is 0 Å². The van der Waals surface area contributed by atoms with E-state index in [0.29, 0.717) is 12.2 Å². The third-order valence-electron chi connectivity index (χ3n) is 1.87. The minimum atomic E-state index is -0.113. The lowest BCUT2D eigenvalue weighted by Crippen LogP contribution is -2.17. The van der Waals surface area contributed by atoms with Crippen LogP contribution in [0.3, 0.4) is 0 Å². The third kappa shape index (κ3) is 2.71. The highest BCUT2D eigenvalue weighted by Gasteiger charge is 1.99. The SMILES string of the molecule is C=C(NC(C)=O)c1ccc(CN)cc1. The van der Waals surface area contributed by atoms with E-state index < -0.39 is 0 Å². The molecule has 0 saturated carbocycles. The van der Waals surface area contributed by atoms with Crippen molar-refractivity contribution < 1.29 is 4.79 Å². The Balaban J connectivity index is 2.76. The summed E-state index contributed by atoms with van der Waals surface area (Å²) in [7, 11) is 0. The Morgan fingerprint density at radius 3 is 2.43 bits per heavy atom. The minimum absolute atomic E-state index is 0.113. The summed E-state index contributed by atoms with van der Waals surface area (Å²) in [4.78, 5) is 10.8. The van der Waals surface area contributed by atoms with Gasteiger partial charge in [-0.05, 0) is 11.1 Å². The third-order valence-corrected chi connectivity index (χ3v) is 1.87. The summed E-state index contributed by atoms with van der Waals surface area (Å²) in [6.07, 6.45) is 0. The molecule has 3 N–H and O–H groups in total. The van der Waals surface area contributed by atoms with Crippen molar-refractivity contribution in [1.82, 2.24) is 5.32 Å². The Hall–Kier alpha value is -1.61. The quantitative estimate of drug-likeness (QED) is 0.753. The average Bonchev–Trinajstić information content (AvgIpc) is 2.17. The molecule has 0 unspecified atom stereocenters. The predicted octanol–water partition coefficient (Wildman–Crippen LogP) is 1.25. The number of hydrogen-bond donors (Lipinski definition) is 2. The lowest BCUT2D eigenvalue weighted by atomic mass is 10.1. The van der Waals surface area contributed by atoms with Crippen LogP contribution in [0, 0.1) is 0 Å². The van der Waals surface area contributed by atoms with Crippen LogP contribution in [0.15, 0.2) is 30.8 Å². The van der Waals surface area contributed by atoms with E-state index in [2.05, 4.69) is 11.9 Å². The van der Waals surface area contributed by atoms with E-state index in [1.165, 1.54) is 6.92 Å². The molecule has 0 heterocycles. The molecule has 1 rings (SSSR count). The van der Waals surface area contributed by atoms with Crippen molar-refractivity contribution in [2.24, 2.45) is 5.73 Å². The first-order valence-electron chi connectivity index (χ1n) is 4.39. The molecule has 3 heteroatoms. The summed E-state index contributed by atoms with van der Waals surface area (Å²) >= 11 is 0. The zero-order valence-electron chi connectivity index (χ0n) is 8.21. The zero-order valence-corrected chi connectivity index (χ0v) is 8.21. The molecule has 3 nitrogen and oxygen atoms in total. The molecule has 0 aliphatic heterocycles. The molecule has 0 bridgehead atoms. The maximum absolute atomic E-state index is 10.8. The van der Waals surface area contributed by atoms with Crippen LogP contribution in [0.5, 0.6) is 0 Å². The molecule has 0 aromatic heterocycles. The lowest BCUT2D eigenvalue weighted by Gasteiger charge is -2.06. The van der Waals surface area contributed by atoms with Crippen LogP contribution in [0.2, 0.25) is 0 Å². The molecule has 1 aromatic rings. The van der Waals surface area contributed by atoms with Crippen LogP contribution in [0.25, 0.3) is 5.70 Å². The maximum Gasteiger partial charge on any atom is 0.221 e. The van der Waals surface area contributed by atoms with E-state index in [1.807, 2.05) is 24.3 Å². The number of benzene rings is 1. The van der Waals surface area contributed by atoms with Crippen molar-refractivity contribution in [2.45, 2.75) is 13.5 Å². The minimum Gasteiger partial charge on any atom is -0.326 e. The van der Waals surface area contributed by atoms with Crippen LogP contribution in [0.1, 0.15) is 18.1 Å². The molecule has 1 aromatic carbocycles. The Labute approximate surface area is 83.6 Å². The lowest BCUT2D eigenvalue weighted by molar-refractivity contribution is -0.117. The summed E-state index contributed by atoms with van der Waals surface area (Å²) in [6.45, 7) is 5.74. The normalized spacial score (nSPS) is 9.57. The molecule has 1 amide bonds. The van der Waals surface area contributed by atoms with E-state index in [9.17, 15) is 4.79 Å². The average molecular weight is 190 g/mol. The largest absolute Gasteiger partial charge is 0.326 e. The second kappa shape index (κ2) is 4.58. The van der Waals surface area contributed by atoms with Gasteiger partial charge in [-0.25, -0.2) is 0 Å². The van der Waals surface area contributed by atoms with Crippen LogP contribution in [0.4, 0.5) is 0 Å². The fourth-order valence-corrected chi connectivity index (χ4v) is 1.13. The van der Waals surface area contributed by atoms with Gasteiger partial charge in [-0.1, -0.05) is 30.8 Å². The van der Waals surface area contributed by atoms with Gasteiger partial charge in [0.15, 0.2) is 0 Å². The highest BCUT2D eigenvalue weighted by atomic mass is 16.1. The fraction of sp³-hybridized carbons (Fsp3) is 0.182. The van der Waals surface area contributed by atoms with E-state index >= 15 is 0 Å². The number of carbonyl (C=O) groups excluding carboxylic acids is 1. The predicted molar refractivity (Wildman–Crippen MR) is 57.2 cm³/mol. The molecule has 0 saturated heterocycles. The zero-order chi connectivity index (χ0) is 10.6. The van der Waals surface area contributed by atoms with Gasteiger partial charge in [-0.15, -0.1) is 0 Å². The molecule has 74 valence electrons. The highest BCUT2D eigenvalue weighted by molar-refractivity contribution is 5.84. The molecule has 0 spiro atoms. The summed E-state index contributed by atoms with van der Waals surface area (Å²) in [6, 6.07) is 7.62. The molecule has 0 fully saturated rings. The molecule has 0 aliphatic carbocycles. The van der Waals surface area contributed by atoms with Crippen molar-refractivity contribution in [1.29, 1.82) is 0 Å². The van der Waals surface area contributed by atoms with E-state index in [0.717, 1.165) is 11.1 Å². The second-order valence-electron chi connectivity index (χ2n) is 3.06. The molecular formula is C11H14N2O. The van der Waals surface area contributed by atoms with Gasteiger partial charge in [0.1, 0.15) is 0 Å². The summed E-state index contributed by atoms with van der Waals surface area (Å²) < 4.78 is 0. The van der Waals surface area contributed by atoms with Gasteiger partial charge in [0.05, 0.1) is 0 Å². The number of hydrogen-bond acceptors (Lipinski definition) is 2. The Bertz CT molecular complexity index is 341. The first kappa shape index (κ1) is 10.5. The standard InChI is InChI=1S/C11H14N2O/c1-8(13-9(2)14)11-5-3-10(7-12)4-6-11/h3-6H,1,7,12H2,2H3,(H,13,14). The second-order valence-corrected chi connectivity index (χ2v) is 3.06.